The molecule has 6 nitrogen and oxygen atoms in total. The summed E-state index contributed by atoms with van der Waals surface area (Å²) in [6, 6.07) is 10.3. The van der Waals surface area contributed by atoms with E-state index in [2.05, 4.69) is 5.32 Å². The molecule has 160 valence electrons. The number of amides is 2. The van der Waals surface area contributed by atoms with E-state index in [1.54, 1.807) is 48.2 Å². The van der Waals surface area contributed by atoms with Gasteiger partial charge in [-0.2, -0.15) is 13.2 Å². The molecule has 0 spiro atoms. The SMILES string of the molecule is CN(C)c1ccc(C(F)(F)F)cc1NC(=O)CCC(=O)N1CCOc2ccccc21. The lowest BCUT2D eigenvalue weighted by Gasteiger charge is -2.29. The molecule has 0 radical (unpaired) electrons. The molecule has 2 amide bonds. The maximum absolute atomic E-state index is 13.0. The quantitative estimate of drug-likeness (QED) is 0.795. The summed E-state index contributed by atoms with van der Waals surface area (Å²) in [5, 5.41) is 2.51. The average Bonchev–Trinajstić information content (AvgIpc) is 2.70. The number of nitrogens with zero attached hydrogens (tertiary/aromatic N) is 2. The second-order valence-corrected chi connectivity index (χ2v) is 7.03. The molecule has 0 unspecified atom stereocenters. The van der Waals surface area contributed by atoms with E-state index in [4.69, 9.17) is 4.74 Å². The molecule has 0 fully saturated rings. The Kier molecular flexibility index (Phi) is 6.19. The Morgan fingerprint density at radius 1 is 1.13 bits per heavy atom. The summed E-state index contributed by atoms with van der Waals surface area (Å²) in [4.78, 5) is 28.1. The van der Waals surface area contributed by atoms with E-state index in [0.29, 0.717) is 30.3 Å². The van der Waals surface area contributed by atoms with Crippen molar-refractivity contribution in [1.82, 2.24) is 0 Å². The Morgan fingerprint density at radius 2 is 1.87 bits per heavy atom. The Hall–Kier alpha value is -3.23. The summed E-state index contributed by atoms with van der Waals surface area (Å²) in [6.07, 6.45) is -4.75. The number of benzene rings is 2. The van der Waals surface area contributed by atoms with E-state index in [1.807, 2.05) is 0 Å². The van der Waals surface area contributed by atoms with Gasteiger partial charge in [-0.1, -0.05) is 12.1 Å². The van der Waals surface area contributed by atoms with Gasteiger partial charge in [0.05, 0.1) is 29.2 Å². The van der Waals surface area contributed by atoms with E-state index in [-0.39, 0.29) is 24.4 Å². The highest BCUT2D eigenvalue weighted by atomic mass is 19.4. The van der Waals surface area contributed by atoms with Crippen LogP contribution >= 0.6 is 0 Å². The third kappa shape index (κ3) is 4.84. The van der Waals surface area contributed by atoms with E-state index < -0.39 is 17.6 Å². The summed E-state index contributed by atoms with van der Waals surface area (Å²) in [5.74, 6) is -0.189. The molecule has 0 atom stereocenters. The van der Waals surface area contributed by atoms with Gasteiger partial charge in [0.15, 0.2) is 0 Å². The molecule has 0 saturated heterocycles. The highest BCUT2D eigenvalue weighted by Gasteiger charge is 2.31. The number of rotatable bonds is 5. The number of carbonyl (C=O) groups is 2. The Bertz CT molecular complexity index is 945. The zero-order valence-electron chi connectivity index (χ0n) is 16.6. The molecule has 0 bridgehead atoms. The first kappa shape index (κ1) is 21.5. The van der Waals surface area contributed by atoms with E-state index in [1.165, 1.54) is 6.07 Å². The Morgan fingerprint density at radius 3 is 2.57 bits per heavy atom. The van der Waals surface area contributed by atoms with Crippen molar-refractivity contribution in [1.29, 1.82) is 0 Å². The summed E-state index contributed by atoms with van der Waals surface area (Å²) >= 11 is 0. The zero-order chi connectivity index (χ0) is 21.9. The molecule has 1 heterocycles. The zero-order valence-corrected chi connectivity index (χ0v) is 16.6. The summed E-state index contributed by atoms with van der Waals surface area (Å²) < 4.78 is 44.6. The molecule has 1 aliphatic heterocycles. The van der Waals surface area contributed by atoms with Gasteiger partial charge in [-0.15, -0.1) is 0 Å². The summed E-state index contributed by atoms with van der Waals surface area (Å²) in [7, 11) is 3.33. The second-order valence-electron chi connectivity index (χ2n) is 7.03. The van der Waals surface area contributed by atoms with Gasteiger partial charge in [0.2, 0.25) is 11.8 Å². The van der Waals surface area contributed by atoms with Crippen molar-refractivity contribution in [3.05, 3.63) is 48.0 Å². The molecule has 2 aromatic carbocycles. The standard InChI is InChI=1S/C21H22F3N3O3/c1-26(2)16-8-7-14(21(22,23)24)13-15(16)25-19(28)9-10-20(29)27-11-12-30-18-6-4-3-5-17(18)27/h3-8,13H,9-12H2,1-2H3,(H,25,28). The largest absolute Gasteiger partial charge is 0.490 e. The molecule has 1 aliphatic rings. The van der Waals surface area contributed by atoms with Crippen molar-refractivity contribution < 1.29 is 27.5 Å². The molecule has 9 heteroatoms. The van der Waals surface area contributed by atoms with Crippen molar-refractivity contribution in [2.75, 3.05) is 42.4 Å². The minimum Gasteiger partial charge on any atom is -0.490 e. The molecule has 30 heavy (non-hydrogen) atoms. The molecule has 3 rings (SSSR count). The molecule has 2 aromatic rings. The third-order valence-electron chi connectivity index (χ3n) is 4.68. The van der Waals surface area contributed by atoms with Crippen LogP contribution in [0.1, 0.15) is 18.4 Å². The first-order valence-corrected chi connectivity index (χ1v) is 9.37. The van der Waals surface area contributed by atoms with Crippen LogP contribution in [0.3, 0.4) is 0 Å². The maximum Gasteiger partial charge on any atom is 0.416 e. The van der Waals surface area contributed by atoms with Gasteiger partial charge in [-0.05, 0) is 30.3 Å². The van der Waals surface area contributed by atoms with Crippen LogP contribution in [0.4, 0.5) is 30.2 Å². The van der Waals surface area contributed by atoms with Crippen LogP contribution in [0.2, 0.25) is 0 Å². The van der Waals surface area contributed by atoms with Crippen molar-refractivity contribution in [3.63, 3.8) is 0 Å². The number of halogens is 3. The fourth-order valence-corrected chi connectivity index (χ4v) is 3.20. The van der Waals surface area contributed by atoms with Crippen LogP contribution in [0.5, 0.6) is 5.75 Å². The fraction of sp³-hybridized carbons (Fsp3) is 0.333. The lowest BCUT2D eigenvalue weighted by Crippen LogP contribution is -2.38. The van der Waals surface area contributed by atoms with Crippen LogP contribution in [0.25, 0.3) is 0 Å². The third-order valence-corrected chi connectivity index (χ3v) is 4.68. The van der Waals surface area contributed by atoms with Gasteiger partial charge in [0.25, 0.3) is 0 Å². The molecule has 1 N–H and O–H groups in total. The van der Waals surface area contributed by atoms with Gasteiger partial charge < -0.3 is 19.9 Å². The van der Waals surface area contributed by atoms with Crippen LogP contribution in [0, 0.1) is 0 Å². The van der Waals surface area contributed by atoms with E-state index in [9.17, 15) is 22.8 Å². The minimum atomic E-state index is -4.52. The number of para-hydroxylation sites is 2. The molecular formula is C21H22F3N3O3. The monoisotopic (exact) mass is 421 g/mol. The predicted octanol–water partition coefficient (Wildman–Crippen LogP) is 3.92. The summed E-state index contributed by atoms with van der Waals surface area (Å²) in [6.45, 7) is 0.723. The molecule has 0 saturated carbocycles. The number of ether oxygens (including phenoxy) is 1. The lowest BCUT2D eigenvalue weighted by molar-refractivity contribution is -0.137. The van der Waals surface area contributed by atoms with Crippen LogP contribution in [0.15, 0.2) is 42.5 Å². The first-order chi connectivity index (χ1) is 14.2. The minimum absolute atomic E-state index is 0.0454. The van der Waals surface area contributed by atoms with Crippen molar-refractivity contribution >= 4 is 28.9 Å². The highest BCUT2D eigenvalue weighted by molar-refractivity contribution is 6.00. The van der Waals surface area contributed by atoms with Crippen LogP contribution < -0.4 is 19.9 Å². The molecule has 0 aliphatic carbocycles. The average molecular weight is 421 g/mol. The van der Waals surface area contributed by atoms with Crippen LogP contribution in [-0.2, 0) is 15.8 Å². The molecule has 0 aromatic heterocycles. The topological polar surface area (TPSA) is 61.9 Å². The highest BCUT2D eigenvalue weighted by Crippen LogP contribution is 2.35. The van der Waals surface area contributed by atoms with Gasteiger partial charge >= 0.3 is 6.18 Å². The number of anilines is 3. The second kappa shape index (κ2) is 8.64. The maximum atomic E-state index is 13.0. The number of hydrogen-bond donors (Lipinski definition) is 1. The summed E-state index contributed by atoms with van der Waals surface area (Å²) in [5.41, 5.74) is 0.264. The Balaban J connectivity index is 1.67. The number of carbonyl (C=O) groups excluding carboxylic acids is 2. The fourth-order valence-electron chi connectivity index (χ4n) is 3.20. The Labute approximate surface area is 172 Å². The van der Waals surface area contributed by atoms with Crippen LogP contribution in [-0.4, -0.2) is 39.1 Å². The van der Waals surface area contributed by atoms with E-state index >= 15 is 0 Å². The predicted molar refractivity (Wildman–Crippen MR) is 108 cm³/mol. The van der Waals surface area contributed by atoms with Crippen molar-refractivity contribution in [2.24, 2.45) is 0 Å². The van der Waals surface area contributed by atoms with Gasteiger partial charge in [-0.25, -0.2) is 0 Å². The van der Waals surface area contributed by atoms with Gasteiger partial charge in [-0.3, -0.25) is 9.59 Å². The first-order valence-electron chi connectivity index (χ1n) is 9.37. The number of alkyl halides is 3. The van der Waals surface area contributed by atoms with E-state index in [0.717, 1.165) is 12.1 Å². The van der Waals surface area contributed by atoms with Gasteiger partial charge in [0.1, 0.15) is 12.4 Å². The van der Waals surface area contributed by atoms with Crippen molar-refractivity contribution in [2.45, 2.75) is 19.0 Å². The number of hydrogen-bond acceptors (Lipinski definition) is 4. The lowest BCUT2D eigenvalue weighted by atomic mass is 10.1. The number of fused-ring (bicyclic) bond motifs is 1. The normalized spacial score (nSPS) is 13.3. The number of nitrogens with one attached hydrogen (secondary N) is 1. The van der Waals surface area contributed by atoms with Crippen molar-refractivity contribution in [3.8, 4) is 5.75 Å². The molecular weight excluding hydrogens is 399 g/mol. The van der Waals surface area contributed by atoms with Gasteiger partial charge in [0, 0.05) is 26.9 Å². The smallest absolute Gasteiger partial charge is 0.416 e.